The van der Waals surface area contributed by atoms with Crippen LogP contribution in [0.1, 0.15) is 5.56 Å². The SMILES string of the molecule is O=[N+]([O-])c1ccccc1CNc1cc(F)cc(F)c1F. The van der Waals surface area contributed by atoms with Crippen molar-refractivity contribution in [2.24, 2.45) is 0 Å². The Hall–Kier alpha value is -2.57. The van der Waals surface area contributed by atoms with Crippen LogP contribution in [0.15, 0.2) is 36.4 Å². The Balaban J connectivity index is 2.24. The summed E-state index contributed by atoms with van der Waals surface area (Å²) in [6.07, 6.45) is 0. The van der Waals surface area contributed by atoms with Crippen LogP contribution in [0.3, 0.4) is 0 Å². The fourth-order valence-corrected chi connectivity index (χ4v) is 1.71. The number of nitro benzene ring substituents is 1. The number of nitro groups is 1. The first-order valence-electron chi connectivity index (χ1n) is 5.59. The molecule has 0 aliphatic rings. The van der Waals surface area contributed by atoms with E-state index in [0.29, 0.717) is 6.07 Å². The minimum atomic E-state index is -1.32. The highest BCUT2D eigenvalue weighted by Gasteiger charge is 2.14. The summed E-state index contributed by atoms with van der Waals surface area (Å²) >= 11 is 0. The molecular weight excluding hydrogens is 273 g/mol. The Morgan fingerprint density at radius 3 is 2.55 bits per heavy atom. The molecule has 2 rings (SSSR count). The van der Waals surface area contributed by atoms with Crippen LogP contribution >= 0.6 is 0 Å². The third kappa shape index (κ3) is 2.87. The van der Waals surface area contributed by atoms with Crippen LogP contribution in [0.4, 0.5) is 24.5 Å². The summed E-state index contributed by atoms with van der Waals surface area (Å²) < 4.78 is 39.4. The van der Waals surface area contributed by atoms with Gasteiger partial charge in [-0.05, 0) is 0 Å². The van der Waals surface area contributed by atoms with Crippen molar-refractivity contribution in [3.8, 4) is 0 Å². The van der Waals surface area contributed by atoms with E-state index in [-0.39, 0.29) is 23.5 Å². The second-order valence-electron chi connectivity index (χ2n) is 3.99. The molecule has 2 aromatic rings. The van der Waals surface area contributed by atoms with Gasteiger partial charge in [-0.15, -0.1) is 0 Å². The minimum Gasteiger partial charge on any atom is -0.378 e. The zero-order valence-corrected chi connectivity index (χ0v) is 10.1. The zero-order valence-electron chi connectivity index (χ0n) is 10.1. The molecule has 0 saturated heterocycles. The predicted molar refractivity (Wildman–Crippen MR) is 66.7 cm³/mol. The van der Waals surface area contributed by atoms with E-state index in [1.165, 1.54) is 18.2 Å². The van der Waals surface area contributed by atoms with Gasteiger partial charge in [0.25, 0.3) is 5.69 Å². The molecule has 0 bridgehead atoms. The van der Waals surface area contributed by atoms with Crippen LogP contribution in [-0.4, -0.2) is 4.92 Å². The van der Waals surface area contributed by atoms with Crippen LogP contribution in [0, 0.1) is 27.6 Å². The van der Waals surface area contributed by atoms with E-state index < -0.39 is 22.4 Å². The molecule has 4 nitrogen and oxygen atoms in total. The molecule has 0 saturated carbocycles. The summed E-state index contributed by atoms with van der Waals surface area (Å²) in [5.74, 6) is -3.49. The molecule has 0 unspecified atom stereocenters. The summed E-state index contributed by atoms with van der Waals surface area (Å²) in [5.41, 5.74) is -0.264. The molecule has 2 aromatic carbocycles. The maximum absolute atomic E-state index is 13.4. The van der Waals surface area contributed by atoms with Gasteiger partial charge in [-0.1, -0.05) is 18.2 Å². The van der Waals surface area contributed by atoms with Gasteiger partial charge in [0.15, 0.2) is 11.6 Å². The van der Waals surface area contributed by atoms with E-state index >= 15 is 0 Å². The molecule has 0 aliphatic heterocycles. The highest BCUT2D eigenvalue weighted by Crippen LogP contribution is 2.22. The van der Waals surface area contributed by atoms with Gasteiger partial charge in [-0.25, -0.2) is 13.2 Å². The molecule has 0 atom stereocenters. The second-order valence-corrected chi connectivity index (χ2v) is 3.99. The fraction of sp³-hybridized carbons (Fsp3) is 0.0769. The van der Waals surface area contributed by atoms with Crippen molar-refractivity contribution in [1.82, 2.24) is 0 Å². The molecule has 104 valence electrons. The Kier molecular flexibility index (Phi) is 3.88. The number of anilines is 1. The maximum Gasteiger partial charge on any atom is 0.274 e. The number of halogens is 3. The molecule has 0 radical (unpaired) electrons. The minimum absolute atomic E-state index is 0.128. The summed E-state index contributed by atoms with van der Waals surface area (Å²) in [6, 6.07) is 7.04. The number of benzene rings is 2. The monoisotopic (exact) mass is 282 g/mol. The van der Waals surface area contributed by atoms with E-state index in [9.17, 15) is 23.3 Å². The van der Waals surface area contributed by atoms with Gasteiger partial charge >= 0.3 is 0 Å². The van der Waals surface area contributed by atoms with Crippen molar-refractivity contribution >= 4 is 11.4 Å². The lowest BCUT2D eigenvalue weighted by Crippen LogP contribution is -2.05. The van der Waals surface area contributed by atoms with E-state index in [1.54, 1.807) is 6.07 Å². The Morgan fingerprint density at radius 2 is 1.85 bits per heavy atom. The van der Waals surface area contributed by atoms with Gasteiger partial charge in [0.1, 0.15) is 5.82 Å². The highest BCUT2D eigenvalue weighted by atomic mass is 19.2. The predicted octanol–water partition coefficient (Wildman–Crippen LogP) is 3.62. The normalized spacial score (nSPS) is 10.3. The van der Waals surface area contributed by atoms with Gasteiger partial charge in [-0.2, -0.15) is 0 Å². The quantitative estimate of drug-likeness (QED) is 0.529. The summed E-state index contributed by atoms with van der Waals surface area (Å²) in [4.78, 5) is 10.2. The first-order chi connectivity index (χ1) is 9.49. The first-order valence-corrected chi connectivity index (χ1v) is 5.59. The van der Waals surface area contributed by atoms with Crippen molar-refractivity contribution in [3.63, 3.8) is 0 Å². The largest absolute Gasteiger partial charge is 0.378 e. The van der Waals surface area contributed by atoms with Crippen molar-refractivity contribution in [2.75, 3.05) is 5.32 Å². The van der Waals surface area contributed by atoms with E-state index in [4.69, 9.17) is 0 Å². The van der Waals surface area contributed by atoms with Crippen molar-refractivity contribution in [3.05, 3.63) is 69.5 Å². The summed E-state index contributed by atoms with van der Waals surface area (Å²) in [7, 11) is 0. The summed E-state index contributed by atoms with van der Waals surface area (Å²) in [5, 5.41) is 13.2. The molecule has 20 heavy (non-hydrogen) atoms. The van der Waals surface area contributed by atoms with Crippen LogP contribution in [0.5, 0.6) is 0 Å². The highest BCUT2D eigenvalue weighted by molar-refractivity contribution is 5.48. The lowest BCUT2D eigenvalue weighted by molar-refractivity contribution is -0.385. The smallest absolute Gasteiger partial charge is 0.274 e. The lowest BCUT2D eigenvalue weighted by atomic mass is 10.1. The third-order valence-corrected chi connectivity index (χ3v) is 2.65. The van der Waals surface area contributed by atoms with Crippen LogP contribution < -0.4 is 5.32 Å². The number of nitrogens with zero attached hydrogens (tertiary/aromatic N) is 1. The number of hydrogen-bond acceptors (Lipinski definition) is 3. The molecule has 7 heteroatoms. The molecular formula is C13H9F3N2O2. The molecule has 0 aromatic heterocycles. The molecule has 0 amide bonds. The number of para-hydroxylation sites is 1. The van der Waals surface area contributed by atoms with E-state index in [2.05, 4.69) is 5.32 Å². The average molecular weight is 282 g/mol. The van der Waals surface area contributed by atoms with Gasteiger partial charge in [-0.3, -0.25) is 10.1 Å². The Morgan fingerprint density at radius 1 is 1.15 bits per heavy atom. The molecule has 0 heterocycles. The average Bonchev–Trinajstić information content (AvgIpc) is 2.41. The van der Waals surface area contributed by atoms with Crippen molar-refractivity contribution in [1.29, 1.82) is 0 Å². The van der Waals surface area contributed by atoms with Gasteiger partial charge < -0.3 is 5.32 Å². The maximum atomic E-state index is 13.4. The number of hydrogen-bond donors (Lipinski definition) is 1. The zero-order chi connectivity index (χ0) is 14.7. The molecule has 0 spiro atoms. The van der Waals surface area contributed by atoms with Crippen LogP contribution in [0.25, 0.3) is 0 Å². The van der Waals surface area contributed by atoms with Gasteiger partial charge in [0, 0.05) is 30.3 Å². The number of nitrogens with one attached hydrogen (secondary N) is 1. The van der Waals surface area contributed by atoms with Crippen LogP contribution in [-0.2, 0) is 6.54 Å². The molecule has 1 N–H and O–H groups in total. The first kappa shape index (κ1) is 13.9. The lowest BCUT2D eigenvalue weighted by Gasteiger charge is -2.08. The Bertz CT molecular complexity index is 662. The molecule has 0 aliphatic carbocycles. The van der Waals surface area contributed by atoms with E-state index in [0.717, 1.165) is 6.07 Å². The van der Waals surface area contributed by atoms with Gasteiger partial charge in [0.2, 0.25) is 0 Å². The van der Waals surface area contributed by atoms with Gasteiger partial charge in [0.05, 0.1) is 10.6 Å². The van der Waals surface area contributed by atoms with E-state index in [1.807, 2.05) is 0 Å². The second kappa shape index (κ2) is 5.60. The van der Waals surface area contributed by atoms with Crippen molar-refractivity contribution < 1.29 is 18.1 Å². The summed E-state index contributed by atoms with van der Waals surface area (Å²) in [6.45, 7) is -0.128. The van der Waals surface area contributed by atoms with Crippen molar-refractivity contribution in [2.45, 2.75) is 6.54 Å². The molecule has 0 fully saturated rings. The van der Waals surface area contributed by atoms with Crippen LogP contribution in [0.2, 0.25) is 0 Å². The fourth-order valence-electron chi connectivity index (χ4n) is 1.71. The Labute approximate surface area is 112 Å². The standard InChI is InChI=1S/C13H9F3N2O2/c14-9-5-10(15)13(16)11(6-9)17-7-8-3-1-2-4-12(8)18(19)20/h1-6,17H,7H2. The topological polar surface area (TPSA) is 55.2 Å². The number of rotatable bonds is 4. The third-order valence-electron chi connectivity index (χ3n) is 2.65.